The molecule has 1 unspecified atom stereocenters. The molecular weight excluding hydrogens is 266 g/mol. The molecule has 1 aliphatic heterocycles. The summed E-state index contributed by atoms with van der Waals surface area (Å²) < 4.78 is 15.0. The Bertz CT molecular complexity index is 400. The molecule has 0 spiro atoms. The third-order valence-electron chi connectivity index (χ3n) is 2.71. The molecule has 20 heavy (non-hydrogen) atoms. The standard InChI is InChI=1S/C13H21NO6/c1-8(15)19-10-7-6-9(11(16)18-5)14(10)12(17)20-13(2,3)4/h9-10H,6-7H2,1-5H3/t9-,10?/m0/s1. The van der Waals surface area contributed by atoms with E-state index in [1.54, 1.807) is 20.8 Å². The molecule has 1 saturated heterocycles. The van der Waals surface area contributed by atoms with Gasteiger partial charge in [-0.15, -0.1) is 0 Å². The second-order valence-corrected chi connectivity index (χ2v) is 5.57. The van der Waals surface area contributed by atoms with Crippen LogP contribution in [0.3, 0.4) is 0 Å². The van der Waals surface area contributed by atoms with E-state index in [0.29, 0.717) is 12.8 Å². The maximum absolute atomic E-state index is 12.2. The third-order valence-corrected chi connectivity index (χ3v) is 2.71. The number of carbonyl (C=O) groups excluding carboxylic acids is 3. The van der Waals surface area contributed by atoms with Gasteiger partial charge in [-0.2, -0.15) is 0 Å². The highest BCUT2D eigenvalue weighted by Crippen LogP contribution is 2.28. The summed E-state index contributed by atoms with van der Waals surface area (Å²) in [7, 11) is 1.24. The summed E-state index contributed by atoms with van der Waals surface area (Å²) >= 11 is 0. The van der Waals surface area contributed by atoms with Crippen LogP contribution in [0.4, 0.5) is 4.79 Å². The van der Waals surface area contributed by atoms with E-state index in [-0.39, 0.29) is 0 Å². The van der Waals surface area contributed by atoms with E-state index in [1.165, 1.54) is 14.0 Å². The highest BCUT2D eigenvalue weighted by molar-refractivity contribution is 5.82. The number of likely N-dealkylation sites (tertiary alicyclic amines) is 1. The van der Waals surface area contributed by atoms with E-state index in [9.17, 15) is 14.4 Å². The van der Waals surface area contributed by atoms with Crippen LogP contribution in [0.25, 0.3) is 0 Å². The van der Waals surface area contributed by atoms with Crippen LogP contribution in [-0.4, -0.2) is 47.9 Å². The zero-order valence-electron chi connectivity index (χ0n) is 12.5. The van der Waals surface area contributed by atoms with Gasteiger partial charge in [0.15, 0.2) is 6.23 Å². The maximum atomic E-state index is 12.2. The summed E-state index contributed by atoms with van der Waals surface area (Å²) in [5.41, 5.74) is -0.707. The lowest BCUT2D eigenvalue weighted by molar-refractivity contribution is -0.159. The first-order valence-corrected chi connectivity index (χ1v) is 6.42. The number of methoxy groups -OCH3 is 1. The summed E-state index contributed by atoms with van der Waals surface area (Å²) in [6.45, 7) is 6.40. The molecule has 0 bridgehead atoms. The van der Waals surface area contributed by atoms with Gasteiger partial charge in [0.2, 0.25) is 0 Å². The average molecular weight is 287 g/mol. The Morgan fingerprint density at radius 2 is 1.75 bits per heavy atom. The topological polar surface area (TPSA) is 82.1 Å². The fourth-order valence-corrected chi connectivity index (χ4v) is 2.01. The fraction of sp³-hybridized carbons (Fsp3) is 0.769. The minimum Gasteiger partial charge on any atom is -0.467 e. The van der Waals surface area contributed by atoms with Crippen molar-refractivity contribution in [3.05, 3.63) is 0 Å². The van der Waals surface area contributed by atoms with Gasteiger partial charge in [0.25, 0.3) is 0 Å². The lowest BCUT2D eigenvalue weighted by Gasteiger charge is -2.30. The number of hydrogen-bond acceptors (Lipinski definition) is 6. The average Bonchev–Trinajstić information content (AvgIpc) is 2.68. The second kappa shape index (κ2) is 6.11. The van der Waals surface area contributed by atoms with Crippen LogP contribution in [-0.2, 0) is 23.8 Å². The Morgan fingerprint density at radius 3 is 2.20 bits per heavy atom. The first-order valence-electron chi connectivity index (χ1n) is 6.42. The number of nitrogens with zero attached hydrogens (tertiary/aromatic N) is 1. The minimum atomic E-state index is -0.800. The van der Waals surface area contributed by atoms with Crippen molar-refractivity contribution < 1.29 is 28.6 Å². The number of esters is 2. The highest BCUT2D eigenvalue weighted by Gasteiger charge is 2.45. The van der Waals surface area contributed by atoms with Crippen molar-refractivity contribution >= 4 is 18.0 Å². The minimum absolute atomic E-state index is 0.365. The van der Waals surface area contributed by atoms with Crippen LogP contribution in [0, 0.1) is 0 Å². The lowest BCUT2D eigenvalue weighted by atomic mass is 10.2. The second-order valence-electron chi connectivity index (χ2n) is 5.57. The predicted octanol–water partition coefficient (Wildman–Crippen LogP) is 1.45. The number of carbonyl (C=O) groups is 3. The van der Waals surface area contributed by atoms with Crippen molar-refractivity contribution in [3.63, 3.8) is 0 Å². The summed E-state index contributed by atoms with van der Waals surface area (Å²) in [6.07, 6.45) is -0.759. The Hall–Kier alpha value is -1.79. The number of ether oxygens (including phenoxy) is 3. The molecule has 7 nitrogen and oxygen atoms in total. The molecule has 114 valence electrons. The molecule has 1 fully saturated rings. The Morgan fingerprint density at radius 1 is 1.15 bits per heavy atom. The molecule has 0 aromatic carbocycles. The van der Waals surface area contributed by atoms with Gasteiger partial charge in [-0.1, -0.05) is 0 Å². The third kappa shape index (κ3) is 4.11. The van der Waals surface area contributed by atoms with Gasteiger partial charge in [-0.25, -0.2) is 9.59 Å². The quantitative estimate of drug-likeness (QED) is 0.564. The van der Waals surface area contributed by atoms with E-state index in [1.807, 2.05) is 0 Å². The van der Waals surface area contributed by atoms with Crippen LogP contribution in [0.15, 0.2) is 0 Å². The van der Waals surface area contributed by atoms with Gasteiger partial charge in [0, 0.05) is 13.3 Å². The Labute approximate surface area is 118 Å². The molecule has 1 amide bonds. The number of hydrogen-bond donors (Lipinski definition) is 0. The van der Waals surface area contributed by atoms with Crippen LogP contribution < -0.4 is 0 Å². The van der Waals surface area contributed by atoms with Crippen molar-refractivity contribution in [2.45, 2.75) is 58.4 Å². The number of rotatable bonds is 2. The van der Waals surface area contributed by atoms with Gasteiger partial charge >= 0.3 is 18.0 Å². The van der Waals surface area contributed by atoms with Crippen LogP contribution in [0.2, 0.25) is 0 Å². The van der Waals surface area contributed by atoms with Crippen molar-refractivity contribution in [3.8, 4) is 0 Å². The zero-order valence-corrected chi connectivity index (χ0v) is 12.5. The first-order chi connectivity index (χ1) is 9.15. The van der Waals surface area contributed by atoms with E-state index < -0.39 is 35.9 Å². The molecular formula is C13H21NO6. The van der Waals surface area contributed by atoms with Crippen LogP contribution in [0.5, 0.6) is 0 Å². The highest BCUT2D eigenvalue weighted by atomic mass is 16.6. The summed E-state index contributed by atoms with van der Waals surface area (Å²) in [5, 5.41) is 0. The van der Waals surface area contributed by atoms with Gasteiger partial charge in [0.1, 0.15) is 11.6 Å². The van der Waals surface area contributed by atoms with E-state index >= 15 is 0 Å². The van der Waals surface area contributed by atoms with E-state index in [0.717, 1.165) is 4.90 Å². The van der Waals surface area contributed by atoms with Crippen molar-refractivity contribution in [2.75, 3.05) is 7.11 Å². The summed E-state index contributed by atoms with van der Waals surface area (Å²) in [4.78, 5) is 36.1. The molecule has 0 saturated carbocycles. The SMILES string of the molecule is COC(=O)[C@@H]1CCC(OC(C)=O)N1C(=O)OC(C)(C)C. The van der Waals surface area contributed by atoms with Gasteiger partial charge in [0.05, 0.1) is 7.11 Å². The number of amides is 1. The van der Waals surface area contributed by atoms with Gasteiger partial charge in [-0.3, -0.25) is 9.69 Å². The summed E-state index contributed by atoms with van der Waals surface area (Å²) in [6, 6.07) is -0.792. The van der Waals surface area contributed by atoms with E-state index in [2.05, 4.69) is 4.74 Å². The molecule has 1 heterocycles. The van der Waals surface area contributed by atoms with Crippen LogP contribution in [0.1, 0.15) is 40.5 Å². The first kappa shape index (κ1) is 16.3. The molecule has 0 aromatic heterocycles. The summed E-state index contributed by atoms with van der Waals surface area (Å²) in [5.74, 6) is -1.07. The molecule has 0 aromatic rings. The normalized spacial score (nSPS) is 22.4. The predicted molar refractivity (Wildman–Crippen MR) is 68.7 cm³/mol. The largest absolute Gasteiger partial charge is 0.467 e. The van der Waals surface area contributed by atoms with Crippen molar-refractivity contribution in [1.82, 2.24) is 4.90 Å². The smallest absolute Gasteiger partial charge is 0.413 e. The Kier molecular flexibility index (Phi) is 4.97. The van der Waals surface area contributed by atoms with Gasteiger partial charge < -0.3 is 14.2 Å². The van der Waals surface area contributed by atoms with Crippen molar-refractivity contribution in [2.24, 2.45) is 0 Å². The lowest BCUT2D eigenvalue weighted by Crippen LogP contribution is -2.48. The molecule has 7 heteroatoms. The monoisotopic (exact) mass is 287 g/mol. The molecule has 0 N–H and O–H groups in total. The Balaban J connectivity index is 2.92. The molecule has 0 aliphatic carbocycles. The van der Waals surface area contributed by atoms with E-state index in [4.69, 9.17) is 9.47 Å². The van der Waals surface area contributed by atoms with Gasteiger partial charge in [-0.05, 0) is 27.2 Å². The molecule has 1 aliphatic rings. The fourth-order valence-electron chi connectivity index (χ4n) is 2.01. The molecule has 0 radical (unpaired) electrons. The maximum Gasteiger partial charge on any atom is 0.413 e. The zero-order chi connectivity index (χ0) is 15.5. The molecule has 2 atom stereocenters. The van der Waals surface area contributed by atoms with Crippen molar-refractivity contribution in [1.29, 1.82) is 0 Å². The molecule has 1 rings (SSSR count). The van der Waals surface area contributed by atoms with Crippen LogP contribution >= 0.6 is 0 Å².